The largest absolute Gasteiger partial charge is 0.368 e. The first-order valence-electron chi connectivity index (χ1n) is 6.26. The van der Waals surface area contributed by atoms with E-state index < -0.39 is 5.82 Å². The lowest BCUT2D eigenvalue weighted by Gasteiger charge is -2.10. The highest BCUT2D eigenvalue weighted by Gasteiger charge is 2.13. The van der Waals surface area contributed by atoms with E-state index >= 15 is 0 Å². The standard InChI is InChI=1S/C14H14BrClFN3/c1-3-6-18-14-12(17)8(2)19-13(20-14)9-4-5-10(15)11(16)7-9/h4-5,7H,3,6H2,1-2H3,(H,18,19,20). The Balaban J connectivity index is 2.45. The molecule has 0 amide bonds. The maximum Gasteiger partial charge on any atom is 0.186 e. The number of hydrogen-bond acceptors (Lipinski definition) is 3. The van der Waals surface area contributed by atoms with Crippen molar-refractivity contribution in [3.05, 3.63) is 39.2 Å². The Kier molecular flexibility index (Phi) is 4.94. The number of rotatable bonds is 4. The lowest BCUT2D eigenvalue weighted by Crippen LogP contribution is -2.08. The molecule has 0 atom stereocenters. The van der Waals surface area contributed by atoms with Crippen LogP contribution < -0.4 is 5.32 Å². The summed E-state index contributed by atoms with van der Waals surface area (Å²) in [5.74, 6) is 0.274. The first-order valence-corrected chi connectivity index (χ1v) is 7.43. The summed E-state index contributed by atoms with van der Waals surface area (Å²) in [5, 5.41) is 3.54. The average molecular weight is 359 g/mol. The van der Waals surface area contributed by atoms with Gasteiger partial charge in [0.2, 0.25) is 0 Å². The molecule has 2 rings (SSSR count). The SMILES string of the molecule is CCCNc1nc(-c2ccc(Br)c(Cl)c2)nc(C)c1F. The molecule has 20 heavy (non-hydrogen) atoms. The number of nitrogens with zero attached hydrogens (tertiary/aromatic N) is 2. The molecular formula is C14H14BrClFN3. The smallest absolute Gasteiger partial charge is 0.186 e. The van der Waals surface area contributed by atoms with Crippen molar-refractivity contribution in [3.63, 3.8) is 0 Å². The molecule has 0 aliphatic rings. The first kappa shape index (κ1) is 15.2. The van der Waals surface area contributed by atoms with Gasteiger partial charge in [-0.1, -0.05) is 18.5 Å². The van der Waals surface area contributed by atoms with Crippen molar-refractivity contribution in [3.8, 4) is 11.4 Å². The van der Waals surface area contributed by atoms with Crippen molar-refractivity contribution in [2.24, 2.45) is 0 Å². The molecule has 0 radical (unpaired) electrons. The van der Waals surface area contributed by atoms with Gasteiger partial charge in [0.05, 0.1) is 10.7 Å². The minimum atomic E-state index is -0.412. The van der Waals surface area contributed by atoms with Crippen LogP contribution in [0.5, 0.6) is 0 Å². The summed E-state index contributed by atoms with van der Waals surface area (Å²) in [4.78, 5) is 8.42. The summed E-state index contributed by atoms with van der Waals surface area (Å²) in [6.45, 7) is 4.29. The highest BCUT2D eigenvalue weighted by Crippen LogP contribution is 2.28. The van der Waals surface area contributed by atoms with Gasteiger partial charge in [0.15, 0.2) is 17.5 Å². The second-order valence-corrected chi connectivity index (χ2v) is 5.61. The Morgan fingerprint density at radius 2 is 2.10 bits per heavy atom. The topological polar surface area (TPSA) is 37.8 Å². The summed E-state index contributed by atoms with van der Waals surface area (Å²) in [6, 6.07) is 5.41. The molecule has 6 heteroatoms. The second kappa shape index (κ2) is 6.50. The molecule has 1 N–H and O–H groups in total. The summed E-state index contributed by atoms with van der Waals surface area (Å²) >= 11 is 9.40. The quantitative estimate of drug-likeness (QED) is 0.850. The van der Waals surface area contributed by atoms with Gasteiger partial charge in [0, 0.05) is 16.6 Å². The van der Waals surface area contributed by atoms with E-state index in [0.717, 1.165) is 16.5 Å². The van der Waals surface area contributed by atoms with Gasteiger partial charge in [-0.3, -0.25) is 0 Å². The van der Waals surface area contributed by atoms with E-state index in [2.05, 4.69) is 31.2 Å². The monoisotopic (exact) mass is 357 g/mol. The summed E-state index contributed by atoms with van der Waals surface area (Å²) in [5.41, 5.74) is 1.06. The van der Waals surface area contributed by atoms with Crippen LogP contribution in [0.25, 0.3) is 11.4 Å². The zero-order chi connectivity index (χ0) is 14.7. The zero-order valence-electron chi connectivity index (χ0n) is 11.2. The summed E-state index contributed by atoms with van der Waals surface area (Å²) in [7, 11) is 0. The maximum absolute atomic E-state index is 13.9. The van der Waals surface area contributed by atoms with Crippen LogP contribution in [0.4, 0.5) is 10.2 Å². The predicted octanol–water partition coefficient (Wildman–Crippen LogP) is 4.83. The van der Waals surface area contributed by atoms with Crippen LogP contribution in [0.1, 0.15) is 19.0 Å². The molecular weight excluding hydrogens is 345 g/mol. The molecule has 0 unspecified atom stereocenters. The zero-order valence-corrected chi connectivity index (χ0v) is 13.5. The van der Waals surface area contributed by atoms with Crippen molar-refractivity contribution in [2.45, 2.75) is 20.3 Å². The molecule has 0 fully saturated rings. The fourth-order valence-corrected chi connectivity index (χ4v) is 2.11. The van der Waals surface area contributed by atoms with E-state index in [4.69, 9.17) is 11.6 Å². The molecule has 0 spiro atoms. The normalized spacial score (nSPS) is 10.7. The highest BCUT2D eigenvalue weighted by atomic mass is 79.9. The third-order valence-electron chi connectivity index (χ3n) is 2.74. The molecule has 3 nitrogen and oxygen atoms in total. The number of aromatic nitrogens is 2. The van der Waals surface area contributed by atoms with Gasteiger partial charge in [-0.25, -0.2) is 14.4 Å². The third kappa shape index (κ3) is 3.27. The van der Waals surface area contributed by atoms with Gasteiger partial charge in [-0.15, -0.1) is 0 Å². The Morgan fingerprint density at radius 3 is 2.75 bits per heavy atom. The minimum absolute atomic E-state index is 0.230. The third-order valence-corrected chi connectivity index (χ3v) is 3.97. The molecule has 1 heterocycles. The lowest BCUT2D eigenvalue weighted by molar-refractivity contribution is 0.605. The molecule has 0 saturated heterocycles. The van der Waals surface area contributed by atoms with Crippen molar-refractivity contribution in [1.82, 2.24) is 9.97 Å². The Hall–Kier alpha value is -1.20. The molecule has 106 valence electrons. The van der Waals surface area contributed by atoms with Crippen molar-refractivity contribution < 1.29 is 4.39 Å². The molecule has 2 aromatic rings. The molecule has 1 aromatic heterocycles. The highest BCUT2D eigenvalue weighted by molar-refractivity contribution is 9.10. The van der Waals surface area contributed by atoms with Gasteiger partial charge < -0.3 is 5.32 Å². The Labute approximate surface area is 130 Å². The van der Waals surface area contributed by atoms with E-state index in [1.807, 2.05) is 19.1 Å². The van der Waals surface area contributed by atoms with E-state index in [-0.39, 0.29) is 5.82 Å². The van der Waals surface area contributed by atoms with Crippen molar-refractivity contribution in [2.75, 3.05) is 11.9 Å². The van der Waals surface area contributed by atoms with E-state index in [9.17, 15) is 4.39 Å². The van der Waals surface area contributed by atoms with Crippen LogP contribution >= 0.6 is 27.5 Å². The van der Waals surface area contributed by atoms with Gasteiger partial charge in [0.25, 0.3) is 0 Å². The van der Waals surface area contributed by atoms with Crippen LogP contribution in [-0.4, -0.2) is 16.5 Å². The van der Waals surface area contributed by atoms with Crippen molar-refractivity contribution >= 4 is 33.3 Å². The van der Waals surface area contributed by atoms with Crippen LogP contribution in [0, 0.1) is 12.7 Å². The van der Waals surface area contributed by atoms with E-state index in [1.54, 1.807) is 13.0 Å². The number of nitrogens with one attached hydrogen (secondary N) is 1. The fraction of sp³-hybridized carbons (Fsp3) is 0.286. The molecule has 1 aromatic carbocycles. The average Bonchev–Trinajstić information content (AvgIpc) is 2.43. The van der Waals surface area contributed by atoms with Crippen LogP contribution in [0.3, 0.4) is 0 Å². The number of halogens is 3. The summed E-state index contributed by atoms with van der Waals surface area (Å²) in [6.07, 6.45) is 0.891. The molecule has 0 aliphatic heterocycles. The van der Waals surface area contributed by atoms with Gasteiger partial charge in [0.1, 0.15) is 0 Å². The van der Waals surface area contributed by atoms with E-state index in [0.29, 0.717) is 23.1 Å². The number of hydrogen-bond donors (Lipinski definition) is 1. The number of aryl methyl sites for hydroxylation is 1. The molecule has 0 bridgehead atoms. The lowest BCUT2D eigenvalue weighted by atomic mass is 10.2. The van der Waals surface area contributed by atoms with Crippen molar-refractivity contribution in [1.29, 1.82) is 0 Å². The molecule has 0 saturated carbocycles. The number of benzene rings is 1. The molecule has 0 aliphatic carbocycles. The Bertz CT molecular complexity index is 634. The second-order valence-electron chi connectivity index (χ2n) is 4.35. The Morgan fingerprint density at radius 1 is 1.35 bits per heavy atom. The van der Waals surface area contributed by atoms with Gasteiger partial charge >= 0.3 is 0 Å². The minimum Gasteiger partial charge on any atom is -0.368 e. The van der Waals surface area contributed by atoms with Gasteiger partial charge in [-0.05, 0) is 47.5 Å². The maximum atomic E-state index is 13.9. The van der Waals surface area contributed by atoms with Crippen LogP contribution in [-0.2, 0) is 0 Å². The number of anilines is 1. The van der Waals surface area contributed by atoms with E-state index in [1.165, 1.54) is 0 Å². The van der Waals surface area contributed by atoms with Crippen LogP contribution in [0.2, 0.25) is 5.02 Å². The summed E-state index contributed by atoms with van der Waals surface area (Å²) < 4.78 is 14.7. The van der Waals surface area contributed by atoms with Crippen LogP contribution in [0.15, 0.2) is 22.7 Å². The van der Waals surface area contributed by atoms with Gasteiger partial charge in [-0.2, -0.15) is 0 Å². The fourth-order valence-electron chi connectivity index (χ4n) is 1.68. The predicted molar refractivity (Wildman–Crippen MR) is 83.7 cm³/mol. The first-order chi connectivity index (χ1) is 9.52.